The van der Waals surface area contributed by atoms with Gasteiger partial charge in [-0.1, -0.05) is 0 Å². The molecule has 0 aromatic carbocycles. The van der Waals surface area contributed by atoms with Gasteiger partial charge in [-0.15, -0.1) is 0 Å². The van der Waals surface area contributed by atoms with Crippen molar-refractivity contribution in [2.45, 2.75) is 18.9 Å². The fraction of sp³-hybridized carbons (Fsp3) is 0.615. The Bertz CT molecular complexity index is 465. The maximum Gasteiger partial charge on any atom is 0.229 e. The number of hydrogen-bond donors (Lipinski definition) is 2. The van der Waals surface area contributed by atoms with Crippen molar-refractivity contribution in [3.05, 3.63) is 18.5 Å². The van der Waals surface area contributed by atoms with E-state index in [-0.39, 0.29) is 17.4 Å². The Kier molecular flexibility index (Phi) is 3.10. The van der Waals surface area contributed by atoms with Crippen LogP contribution in [0.4, 0.5) is 5.95 Å². The molecule has 2 aliphatic heterocycles. The summed E-state index contributed by atoms with van der Waals surface area (Å²) in [4.78, 5) is 23.2. The van der Waals surface area contributed by atoms with Gasteiger partial charge in [0.25, 0.3) is 0 Å². The minimum atomic E-state index is -0.341. The van der Waals surface area contributed by atoms with Gasteiger partial charge in [0.2, 0.25) is 11.9 Å². The molecule has 2 atom stereocenters. The molecular formula is C13H19N5O. The zero-order valence-corrected chi connectivity index (χ0v) is 11.1. The predicted octanol–water partition coefficient (Wildman–Crippen LogP) is -0.219. The zero-order valence-electron chi connectivity index (χ0n) is 11.1. The third-order valence-electron chi connectivity index (χ3n) is 4.30. The molecule has 2 saturated heterocycles. The summed E-state index contributed by atoms with van der Waals surface area (Å²) in [7, 11) is 1.71. The first kappa shape index (κ1) is 12.3. The molecule has 0 spiro atoms. The minimum Gasteiger partial charge on any atom is -0.359 e. The zero-order chi connectivity index (χ0) is 13.3. The van der Waals surface area contributed by atoms with Crippen molar-refractivity contribution in [2.75, 3.05) is 31.6 Å². The standard InChI is InChI=1S/C13H19N5O/c1-14-11(19)13-4-2-7-18(10(13)8-15-9-13)12-16-5-3-6-17-12/h3,5-6,10,15H,2,4,7-9H2,1H3,(H,14,19)/t10-,13-/m1/s1. The second-order valence-corrected chi connectivity index (χ2v) is 5.23. The highest BCUT2D eigenvalue weighted by Gasteiger charge is 2.53. The van der Waals surface area contributed by atoms with E-state index in [1.807, 2.05) is 6.07 Å². The van der Waals surface area contributed by atoms with Crippen LogP contribution in [0.25, 0.3) is 0 Å². The summed E-state index contributed by atoms with van der Waals surface area (Å²) >= 11 is 0. The first-order valence-corrected chi connectivity index (χ1v) is 6.74. The summed E-state index contributed by atoms with van der Waals surface area (Å²) in [5, 5.41) is 6.18. The van der Waals surface area contributed by atoms with Gasteiger partial charge in [-0.2, -0.15) is 0 Å². The molecule has 0 radical (unpaired) electrons. The first-order valence-electron chi connectivity index (χ1n) is 6.74. The van der Waals surface area contributed by atoms with Gasteiger partial charge < -0.3 is 15.5 Å². The highest BCUT2D eigenvalue weighted by molar-refractivity contribution is 5.85. The van der Waals surface area contributed by atoms with Crippen LogP contribution in [0.2, 0.25) is 0 Å². The molecule has 3 rings (SSSR count). The molecule has 0 aliphatic carbocycles. The van der Waals surface area contributed by atoms with Gasteiger partial charge in [-0.25, -0.2) is 9.97 Å². The van der Waals surface area contributed by atoms with Crippen molar-refractivity contribution in [2.24, 2.45) is 5.41 Å². The lowest BCUT2D eigenvalue weighted by atomic mass is 9.74. The fourth-order valence-corrected chi connectivity index (χ4v) is 3.40. The Morgan fingerprint density at radius 3 is 3.05 bits per heavy atom. The van der Waals surface area contributed by atoms with Gasteiger partial charge in [0.15, 0.2) is 0 Å². The maximum absolute atomic E-state index is 12.3. The monoisotopic (exact) mass is 261 g/mol. The number of piperidine rings is 1. The van der Waals surface area contributed by atoms with Gasteiger partial charge >= 0.3 is 0 Å². The lowest BCUT2D eigenvalue weighted by molar-refractivity contribution is -0.131. The normalized spacial score (nSPS) is 29.9. The van der Waals surface area contributed by atoms with E-state index < -0.39 is 0 Å². The number of hydrogen-bond acceptors (Lipinski definition) is 5. The van der Waals surface area contributed by atoms with Crippen LogP contribution in [0.5, 0.6) is 0 Å². The Morgan fingerprint density at radius 1 is 1.53 bits per heavy atom. The summed E-state index contributed by atoms with van der Waals surface area (Å²) in [6.07, 6.45) is 5.42. The molecule has 6 nitrogen and oxygen atoms in total. The van der Waals surface area contributed by atoms with E-state index in [1.165, 1.54) is 0 Å². The lowest BCUT2D eigenvalue weighted by Crippen LogP contribution is -2.58. The topological polar surface area (TPSA) is 70.2 Å². The fourth-order valence-electron chi connectivity index (χ4n) is 3.40. The molecule has 1 aromatic heterocycles. The van der Waals surface area contributed by atoms with Crippen LogP contribution in [0.1, 0.15) is 12.8 Å². The third-order valence-corrected chi connectivity index (χ3v) is 4.30. The van der Waals surface area contributed by atoms with E-state index in [2.05, 4.69) is 25.5 Å². The van der Waals surface area contributed by atoms with Crippen LogP contribution in [0.3, 0.4) is 0 Å². The highest BCUT2D eigenvalue weighted by atomic mass is 16.2. The summed E-state index contributed by atoms with van der Waals surface area (Å²) in [6.45, 7) is 2.46. The first-order chi connectivity index (χ1) is 9.28. The van der Waals surface area contributed by atoms with Crippen LogP contribution in [-0.2, 0) is 4.79 Å². The van der Waals surface area contributed by atoms with E-state index in [4.69, 9.17) is 0 Å². The Balaban J connectivity index is 1.94. The van der Waals surface area contributed by atoms with Crippen molar-refractivity contribution in [3.8, 4) is 0 Å². The van der Waals surface area contributed by atoms with Crippen LogP contribution >= 0.6 is 0 Å². The highest BCUT2D eigenvalue weighted by Crippen LogP contribution is 2.39. The molecular weight excluding hydrogens is 242 g/mol. The SMILES string of the molecule is CNC(=O)[C@@]12CCCN(c3ncccn3)[C@@H]1CNC2. The summed E-state index contributed by atoms with van der Waals surface area (Å²) in [5.41, 5.74) is -0.341. The Morgan fingerprint density at radius 2 is 2.32 bits per heavy atom. The Hall–Kier alpha value is -1.69. The Labute approximate surface area is 112 Å². The quantitative estimate of drug-likeness (QED) is 0.770. The molecule has 0 bridgehead atoms. The lowest BCUT2D eigenvalue weighted by Gasteiger charge is -2.44. The molecule has 6 heteroatoms. The van der Waals surface area contributed by atoms with Gasteiger partial charge in [0, 0.05) is 39.1 Å². The smallest absolute Gasteiger partial charge is 0.229 e. The molecule has 102 valence electrons. The summed E-state index contributed by atoms with van der Waals surface area (Å²) in [5.74, 6) is 0.854. The van der Waals surface area contributed by atoms with Crippen LogP contribution in [-0.4, -0.2) is 48.6 Å². The van der Waals surface area contributed by atoms with E-state index in [9.17, 15) is 4.79 Å². The van der Waals surface area contributed by atoms with E-state index in [1.54, 1.807) is 19.4 Å². The number of nitrogens with one attached hydrogen (secondary N) is 2. The van der Waals surface area contributed by atoms with Crippen molar-refractivity contribution in [3.63, 3.8) is 0 Å². The van der Waals surface area contributed by atoms with E-state index in [0.29, 0.717) is 0 Å². The number of nitrogens with zero attached hydrogens (tertiary/aromatic N) is 3. The molecule has 1 aromatic rings. The van der Waals surface area contributed by atoms with Gasteiger partial charge in [-0.3, -0.25) is 4.79 Å². The van der Waals surface area contributed by atoms with Gasteiger partial charge in [0.05, 0.1) is 11.5 Å². The van der Waals surface area contributed by atoms with Gasteiger partial charge in [-0.05, 0) is 18.9 Å². The van der Waals surface area contributed by atoms with Crippen LogP contribution in [0.15, 0.2) is 18.5 Å². The number of fused-ring (bicyclic) bond motifs is 1. The van der Waals surface area contributed by atoms with Gasteiger partial charge in [0.1, 0.15) is 0 Å². The molecule has 2 N–H and O–H groups in total. The number of amides is 1. The number of rotatable bonds is 2. The maximum atomic E-state index is 12.3. The molecule has 2 fully saturated rings. The molecule has 3 heterocycles. The van der Waals surface area contributed by atoms with Crippen molar-refractivity contribution >= 4 is 11.9 Å². The largest absolute Gasteiger partial charge is 0.359 e. The molecule has 19 heavy (non-hydrogen) atoms. The number of carbonyl (C=O) groups excluding carboxylic acids is 1. The summed E-state index contributed by atoms with van der Waals surface area (Å²) in [6, 6.07) is 1.95. The van der Waals surface area contributed by atoms with E-state index in [0.717, 1.165) is 38.4 Å². The molecule has 1 amide bonds. The second-order valence-electron chi connectivity index (χ2n) is 5.23. The van der Waals surface area contributed by atoms with Crippen molar-refractivity contribution in [1.29, 1.82) is 0 Å². The van der Waals surface area contributed by atoms with Crippen molar-refractivity contribution in [1.82, 2.24) is 20.6 Å². The molecule has 2 aliphatic rings. The van der Waals surface area contributed by atoms with E-state index >= 15 is 0 Å². The second kappa shape index (κ2) is 4.77. The van der Waals surface area contributed by atoms with Crippen LogP contribution in [0, 0.1) is 5.41 Å². The number of anilines is 1. The summed E-state index contributed by atoms with van der Waals surface area (Å²) < 4.78 is 0. The number of aromatic nitrogens is 2. The molecule has 0 saturated carbocycles. The third kappa shape index (κ3) is 1.87. The molecule has 0 unspecified atom stereocenters. The van der Waals surface area contributed by atoms with Crippen molar-refractivity contribution < 1.29 is 4.79 Å². The number of carbonyl (C=O) groups is 1. The van der Waals surface area contributed by atoms with Crippen LogP contribution < -0.4 is 15.5 Å². The average Bonchev–Trinajstić information content (AvgIpc) is 2.92. The predicted molar refractivity (Wildman–Crippen MR) is 71.8 cm³/mol. The average molecular weight is 261 g/mol. The minimum absolute atomic E-state index is 0.128.